The van der Waals surface area contributed by atoms with Gasteiger partial charge in [0.1, 0.15) is 0 Å². The summed E-state index contributed by atoms with van der Waals surface area (Å²) in [5.74, 6) is 1.26. The molecule has 1 saturated heterocycles. The third kappa shape index (κ3) is 5.59. The SMILES string of the molecule is C1=CCCC(SCCCNCCN2CCCC2)=C1. The third-order valence-corrected chi connectivity index (χ3v) is 4.77. The van der Waals surface area contributed by atoms with E-state index in [1.54, 1.807) is 4.91 Å². The second-order valence-corrected chi connectivity index (χ2v) is 6.32. The molecule has 0 spiro atoms. The Hall–Kier alpha value is -0.250. The number of hydrogen-bond acceptors (Lipinski definition) is 3. The van der Waals surface area contributed by atoms with Crippen LogP contribution in [-0.4, -0.2) is 43.4 Å². The van der Waals surface area contributed by atoms with Gasteiger partial charge in [-0.2, -0.15) is 0 Å². The fourth-order valence-corrected chi connectivity index (χ4v) is 3.46. The molecule has 0 unspecified atom stereocenters. The van der Waals surface area contributed by atoms with Crippen molar-refractivity contribution in [1.82, 2.24) is 10.2 Å². The lowest BCUT2D eigenvalue weighted by Gasteiger charge is -2.14. The van der Waals surface area contributed by atoms with Crippen molar-refractivity contribution >= 4 is 11.8 Å². The molecule has 0 saturated carbocycles. The van der Waals surface area contributed by atoms with E-state index in [2.05, 4.69) is 28.4 Å². The van der Waals surface area contributed by atoms with E-state index in [1.165, 1.54) is 64.0 Å². The van der Waals surface area contributed by atoms with Crippen molar-refractivity contribution in [2.24, 2.45) is 0 Å². The molecule has 0 aromatic carbocycles. The Kier molecular flexibility index (Phi) is 6.91. The van der Waals surface area contributed by atoms with Crippen LogP contribution in [0.5, 0.6) is 0 Å². The Labute approximate surface area is 116 Å². The van der Waals surface area contributed by atoms with Crippen LogP contribution in [-0.2, 0) is 0 Å². The van der Waals surface area contributed by atoms with Gasteiger partial charge in [0.2, 0.25) is 0 Å². The van der Waals surface area contributed by atoms with Gasteiger partial charge in [-0.15, -0.1) is 11.8 Å². The second kappa shape index (κ2) is 8.78. The Morgan fingerprint density at radius 3 is 2.89 bits per heavy atom. The first-order chi connectivity index (χ1) is 8.95. The number of thioether (sulfide) groups is 1. The van der Waals surface area contributed by atoms with Crippen LogP contribution in [0.4, 0.5) is 0 Å². The van der Waals surface area contributed by atoms with E-state index in [1.807, 2.05) is 11.8 Å². The predicted molar refractivity (Wildman–Crippen MR) is 82.1 cm³/mol. The number of rotatable bonds is 8. The standard InChI is InChI=1S/C15H26N2S/c1-2-7-15(8-3-1)18-14-6-9-16-10-13-17-11-4-5-12-17/h1-2,7,16H,3-6,8-14H2. The van der Waals surface area contributed by atoms with Crippen LogP contribution in [0.15, 0.2) is 23.1 Å². The van der Waals surface area contributed by atoms with Crippen LogP contribution in [0, 0.1) is 0 Å². The van der Waals surface area contributed by atoms with E-state index in [4.69, 9.17) is 0 Å². The first-order valence-corrected chi connectivity index (χ1v) is 8.35. The van der Waals surface area contributed by atoms with Crippen LogP contribution in [0.25, 0.3) is 0 Å². The van der Waals surface area contributed by atoms with Crippen LogP contribution in [0.1, 0.15) is 32.1 Å². The van der Waals surface area contributed by atoms with Crippen molar-refractivity contribution in [3.05, 3.63) is 23.1 Å². The summed E-state index contributed by atoms with van der Waals surface area (Å²) in [6.07, 6.45) is 13.3. The van der Waals surface area contributed by atoms with E-state index in [0.717, 1.165) is 6.54 Å². The maximum absolute atomic E-state index is 3.56. The lowest BCUT2D eigenvalue weighted by molar-refractivity contribution is 0.336. The van der Waals surface area contributed by atoms with Gasteiger partial charge >= 0.3 is 0 Å². The molecular formula is C15H26N2S. The molecule has 0 atom stereocenters. The number of nitrogens with zero attached hydrogens (tertiary/aromatic N) is 1. The van der Waals surface area contributed by atoms with Gasteiger partial charge in [-0.05, 0) is 62.4 Å². The highest BCUT2D eigenvalue weighted by Gasteiger charge is 2.09. The highest BCUT2D eigenvalue weighted by molar-refractivity contribution is 8.03. The van der Waals surface area contributed by atoms with Gasteiger partial charge in [-0.25, -0.2) is 0 Å². The van der Waals surface area contributed by atoms with Crippen molar-refractivity contribution < 1.29 is 0 Å². The molecule has 3 heteroatoms. The molecule has 1 aliphatic heterocycles. The van der Waals surface area contributed by atoms with Gasteiger partial charge in [0.15, 0.2) is 0 Å². The summed E-state index contributed by atoms with van der Waals surface area (Å²) in [7, 11) is 0. The van der Waals surface area contributed by atoms with Crippen LogP contribution >= 0.6 is 11.8 Å². The van der Waals surface area contributed by atoms with Gasteiger partial charge in [0.05, 0.1) is 0 Å². The van der Waals surface area contributed by atoms with Crippen molar-refractivity contribution in [3.8, 4) is 0 Å². The van der Waals surface area contributed by atoms with Crippen molar-refractivity contribution in [3.63, 3.8) is 0 Å². The lowest BCUT2D eigenvalue weighted by atomic mass is 10.2. The van der Waals surface area contributed by atoms with Crippen molar-refractivity contribution in [2.45, 2.75) is 32.1 Å². The molecule has 0 bridgehead atoms. The molecule has 0 aromatic heterocycles. The maximum Gasteiger partial charge on any atom is 0.0107 e. The fourth-order valence-electron chi connectivity index (χ4n) is 2.47. The van der Waals surface area contributed by atoms with E-state index in [-0.39, 0.29) is 0 Å². The summed E-state index contributed by atoms with van der Waals surface area (Å²) in [6.45, 7) is 6.21. The summed E-state index contributed by atoms with van der Waals surface area (Å²) in [4.78, 5) is 4.13. The zero-order valence-electron chi connectivity index (χ0n) is 11.4. The first-order valence-electron chi connectivity index (χ1n) is 7.37. The quantitative estimate of drug-likeness (QED) is 0.680. The Morgan fingerprint density at radius 2 is 2.11 bits per heavy atom. The topological polar surface area (TPSA) is 15.3 Å². The van der Waals surface area contributed by atoms with Gasteiger partial charge in [-0.3, -0.25) is 0 Å². The minimum Gasteiger partial charge on any atom is -0.315 e. The fraction of sp³-hybridized carbons (Fsp3) is 0.733. The van der Waals surface area contributed by atoms with E-state index < -0.39 is 0 Å². The molecule has 18 heavy (non-hydrogen) atoms. The van der Waals surface area contributed by atoms with Gasteiger partial charge in [-0.1, -0.05) is 18.2 Å². The smallest absolute Gasteiger partial charge is 0.0107 e. The second-order valence-electron chi connectivity index (χ2n) is 5.10. The summed E-state index contributed by atoms with van der Waals surface area (Å²) < 4.78 is 0. The molecule has 102 valence electrons. The summed E-state index contributed by atoms with van der Waals surface area (Å²) in [6, 6.07) is 0. The van der Waals surface area contributed by atoms with E-state index in [0.29, 0.717) is 0 Å². The molecule has 2 aliphatic rings. The normalized spacial score (nSPS) is 20.3. The Balaban J connectivity index is 1.39. The molecule has 2 rings (SSSR count). The summed E-state index contributed by atoms with van der Waals surface area (Å²) >= 11 is 2.04. The Morgan fingerprint density at radius 1 is 1.22 bits per heavy atom. The molecule has 0 amide bonds. The van der Waals surface area contributed by atoms with Gasteiger partial charge < -0.3 is 10.2 Å². The molecule has 2 nitrogen and oxygen atoms in total. The predicted octanol–water partition coefficient (Wildman–Crippen LogP) is 3.03. The zero-order chi connectivity index (χ0) is 12.5. The Bertz CT molecular complexity index is 280. The monoisotopic (exact) mass is 266 g/mol. The molecule has 1 heterocycles. The first kappa shape index (κ1) is 14.2. The largest absolute Gasteiger partial charge is 0.315 e. The van der Waals surface area contributed by atoms with Crippen molar-refractivity contribution in [2.75, 3.05) is 38.5 Å². The summed E-state index contributed by atoms with van der Waals surface area (Å²) in [5, 5.41) is 3.56. The van der Waals surface area contributed by atoms with Crippen LogP contribution in [0.2, 0.25) is 0 Å². The number of likely N-dealkylation sites (tertiary alicyclic amines) is 1. The van der Waals surface area contributed by atoms with E-state index >= 15 is 0 Å². The number of nitrogens with one attached hydrogen (secondary N) is 1. The molecular weight excluding hydrogens is 240 g/mol. The van der Waals surface area contributed by atoms with Gasteiger partial charge in [0, 0.05) is 13.1 Å². The minimum atomic E-state index is 1.16. The van der Waals surface area contributed by atoms with Gasteiger partial charge in [0.25, 0.3) is 0 Å². The van der Waals surface area contributed by atoms with E-state index in [9.17, 15) is 0 Å². The third-order valence-electron chi connectivity index (χ3n) is 3.56. The lowest BCUT2D eigenvalue weighted by Crippen LogP contribution is -2.30. The highest BCUT2D eigenvalue weighted by Crippen LogP contribution is 2.24. The number of allylic oxidation sites excluding steroid dienone is 4. The number of hydrogen-bond donors (Lipinski definition) is 1. The minimum absolute atomic E-state index is 1.16. The molecule has 1 N–H and O–H groups in total. The maximum atomic E-state index is 3.56. The molecule has 0 radical (unpaired) electrons. The van der Waals surface area contributed by atoms with Crippen LogP contribution in [0.3, 0.4) is 0 Å². The zero-order valence-corrected chi connectivity index (χ0v) is 12.2. The van der Waals surface area contributed by atoms with Crippen LogP contribution < -0.4 is 5.32 Å². The molecule has 1 aliphatic carbocycles. The average molecular weight is 266 g/mol. The molecule has 0 aromatic rings. The average Bonchev–Trinajstić information content (AvgIpc) is 2.92. The van der Waals surface area contributed by atoms with Crippen molar-refractivity contribution in [1.29, 1.82) is 0 Å². The highest BCUT2D eigenvalue weighted by atomic mass is 32.2. The summed E-state index contributed by atoms with van der Waals surface area (Å²) in [5.41, 5.74) is 0. The molecule has 1 fully saturated rings.